The summed E-state index contributed by atoms with van der Waals surface area (Å²) in [6, 6.07) is 47.1. The summed E-state index contributed by atoms with van der Waals surface area (Å²) < 4.78 is 10.1. The van der Waals surface area contributed by atoms with Crippen molar-refractivity contribution in [3.05, 3.63) is 138 Å². The predicted molar refractivity (Wildman–Crippen MR) is 167 cm³/mol. The fourth-order valence-electron chi connectivity index (χ4n) is 5.94. The number of nitrogens with zero attached hydrogens (tertiary/aromatic N) is 1. The van der Waals surface area contributed by atoms with Gasteiger partial charge in [-0.2, -0.15) is 0 Å². The average Bonchev–Trinajstić information content (AvgIpc) is 3.55. The molecule has 0 aliphatic rings. The number of hydrogen-bond acceptors (Lipinski definition) is 1. The standard InChI is InChI=1S/C36H22BrNO/c37-29-13-8-15-31-35(29)27-11-4-6-14-30(27)38(31)32-22-21-26(34-28-12-5-7-16-33(28)39-36(32)34)25-19-17-24(18-20-25)23-9-2-1-3-10-23/h1-22H. The van der Waals surface area contributed by atoms with Crippen LogP contribution in [0.1, 0.15) is 0 Å². The van der Waals surface area contributed by atoms with E-state index in [2.05, 4.69) is 148 Å². The van der Waals surface area contributed by atoms with E-state index in [1.54, 1.807) is 0 Å². The van der Waals surface area contributed by atoms with E-state index >= 15 is 0 Å². The van der Waals surface area contributed by atoms with Crippen molar-refractivity contribution in [1.82, 2.24) is 4.57 Å². The van der Waals surface area contributed by atoms with E-state index in [4.69, 9.17) is 4.42 Å². The van der Waals surface area contributed by atoms with Crippen LogP contribution in [0.15, 0.2) is 142 Å². The van der Waals surface area contributed by atoms with E-state index in [0.29, 0.717) is 0 Å². The van der Waals surface area contributed by atoms with Gasteiger partial charge >= 0.3 is 0 Å². The Morgan fingerprint density at radius 3 is 2.00 bits per heavy atom. The second-order valence-corrected chi connectivity index (χ2v) is 10.7. The Hall–Kier alpha value is -4.60. The molecule has 0 aliphatic heterocycles. The first-order valence-electron chi connectivity index (χ1n) is 13.1. The molecule has 0 amide bonds. The first kappa shape index (κ1) is 22.4. The molecular weight excluding hydrogens is 542 g/mol. The lowest BCUT2D eigenvalue weighted by molar-refractivity contribution is 0.666. The molecule has 6 aromatic carbocycles. The number of rotatable bonds is 3. The SMILES string of the molecule is Brc1cccc2c1c1ccccc1n2-c1ccc(-c2ccc(-c3ccccc3)cc2)c2c1oc1ccccc12. The van der Waals surface area contributed by atoms with E-state index < -0.39 is 0 Å². The van der Waals surface area contributed by atoms with E-state index in [1.165, 1.54) is 33.0 Å². The summed E-state index contributed by atoms with van der Waals surface area (Å²) in [7, 11) is 0. The highest BCUT2D eigenvalue weighted by atomic mass is 79.9. The summed E-state index contributed by atoms with van der Waals surface area (Å²) in [6.07, 6.45) is 0. The van der Waals surface area contributed by atoms with Crippen LogP contribution in [-0.4, -0.2) is 4.57 Å². The molecule has 2 heterocycles. The molecule has 0 saturated heterocycles. The topological polar surface area (TPSA) is 18.1 Å². The first-order chi connectivity index (χ1) is 19.3. The Bertz CT molecular complexity index is 2170. The molecule has 8 rings (SSSR count). The second kappa shape index (κ2) is 8.72. The van der Waals surface area contributed by atoms with Crippen LogP contribution in [0.4, 0.5) is 0 Å². The van der Waals surface area contributed by atoms with Crippen LogP contribution >= 0.6 is 15.9 Å². The van der Waals surface area contributed by atoms with Gasteiger partial charge in [-0.3, -0.25) is 0 Å². The molecule has 0 aliphatic carbocycles. The molecule has 0 radical (unpaired) electrons. The summed E-state index contributed by atoms with van der Waals surface area (Å²) in [5.41, 5.74) is 9.88. The lowest BCUT2D eigenvalue weighted by Crippen LogP contribution is -1.95. The van der Waals surface area contributed by atoms with Crippen LogP contribution in [0.25, 0.3) is 71.7 Å². The van der Waals surface area contributed by atoms with Gasteiger partial charge in [0.1, 0.15) is 5.58 Å². The number of halogens is 1. The average molecular weight is 564 g/mol. The molecule has 0 bridgehead atoms. The Balaban J connectivity index is 1.42. The molecule has 184 valence electrons. The maximum absolute atomic E-state index is 6.66. The van der Waals surface area contributed by atoms with Crippen LogP contribution in [0.3, 0.4) is 0 Å². The fourth-order valence-corrected chi connectivity index (χ4v) is 6.51. The van der Waals surface area contributed by atoms with Gasteiger partial charge in [-0.1, -0.05) is 119 Å². The van der Waals surface area contributed by atoms with Crippen LogP contribution in [0.2, 0.25) is 0 Å². The minimum atomic E-state index is 0.892. The number of hydrogen-bond donors (Lipinski definition) is 0. The van der Waals surface area contributed by atoms with Gasteiger partial charge in [0.25, 0.3) is 0 Å². The highest BCUT2D eigenvalue weighted by Gasteiger charge is 2.21. The van der Waals surface area contributed by atoms with Gasteiger partial charge in [0.15, 0.2) is 5.58 Å². The maximum Gasteiger partial charge on any atom is 0.160 e. The third-order valence-corrected chi connectivity index (χ3v) is 8.36. The maximum atomic E-state index is 6.66. The number of aromatic nitrogens is 1. The van der Waals surface area contributed by atoms with E-state index in [9.17, 15) is 0 Å². The quantitative estimate of drug-likeness (QED) is 0.209. The summed E-state index contributed by atoms with van der Waals surface area (Å²) in [6.45, 7) is 0. The van der Waals surface area contributed by atoms with Gasteiger partial charge in [0.2, 0.25) is 0 Å². The Morgan fingerprint density at radius 1 is 0.487 bits per heavy atom. The number of para-hydroxylation sites is 2. The van der Waals surface area contributed by atoms with Crippen molar-refractivity contribution in [2.24, 2.45) is 0 Å². The number of fused-ring (bicyclic) bond motifs is 6. The molecule has 3 heteroatoms. The van der Waals surface area contributed by atoms with Gasteiger partial charge in [-0.25, -0.2) is 0 Å². The summed E-state index contributed by atoms with van der Waals surface area (Å²) in [5.74, 6) is 0. The Labute approximate surface area is 233 Å². The number of furan rings is 1. The van der Waals surface area contributed by atoms with Crippen LogP contribution < -0.4 is 0 Å². The third kappa shape index (κ3) is 3.40. The van der Waals surface area contributed by atoms with Gasteiger partial charge in [-0.15, -0.1) is 0 Å². The summed E-state index contributed by atoms with van der Waals surface area (Å²) >= 11 is 3.81. The van der Waals surface area contributed by atoms with Crippen molar-refractivity contribution < 1.29 is 4.42 Å². The number of benzene rings is 6. The Morgan fingerprint density at radius 2 is 1.15 bits per heavy atom. The minimum Gasteiger partial charge on any atom is -0.454 e. The fraction of sp³-hybridized carbons (Fsp3) is 0. The highest BCUT2D eigenvalue weighted by Crippen LogP contribution is 2.43. The van der Waals surface area contributed by atoms with Crippen LogP contribution in [0, 0.1) is 0 Å². The minimum absolute atomic E-state index is 0.892. The van der Waals surface area contributed by atoms with Crippen molar-refractivity contribution >= 4 is 59.7 Å². The van der Waals surface area contributed by atoms with E-state index in [-0.39, 0.29) is 0 Å². The van der Waals surface area contributed by atoms with Gasteiger partial charge in [0, 0.05) is 26.0 Å². The largest absolute Gasteiger partial charge is 0.454 e. The molecule has 0 atom stereocenters. The monoisotopic (exact) mass is 563 g/mol. The van der Waals surface area contributed by atoms with Crippen molar-refractivity contribution in [2.45, 2.75) is 0 Å². The Kier molecular flexibility index (Phi) is 5.01. The molecule has 0 saturated carbocycles. The van der Waals surface area contributed by atoms with E-state index in [0.717, 1.165) is 43.1 Å². The zero-order valence-corrected chi connectivity index (χ0v) is 22.5. The second-order valence-electron chi connectivity index (χ2n) is 9.86. The first-order valence-corrected chi connectivity index (χ1v) is 13.9. The third-order valence-electron chi connectivity index (χ3n) is 7.70. The summed E-state index contributed by atoms with van der Waals surface area (Å²) in [4.78, 5) is 0. The summed E-state index contributed by atoms with van der Waals surface area (Å²) in [5, 5.41) is 4.68. The predicted octanol–water partition coefficient (Wildman–Crippen LogP) is 10.8. The molecular formula is C36H22BrNO. The van der Waals surface area contributed by atoms with Crippen molar-refractivity contribution in [3.8, 4) is 27.9 Å². The lowest BCUT2D eigenvalue weighted by Gasteiger charge is -2.12. The van der Waals surface area contributed by atoms with Crippen LogP contribution in [-0.2, 0) is 0 Å². The normalized spacial score (nSPS) is 11.7. The molecule has 0 fully saturated rings. The van der Waals surface area contributed by atoms with Gasteiger partial charge in [0.05, 0.1) is 16.7 Å². The van der Waals surface area contributed by atoms with Crippen molar-refractivity contribution in [3.63, 3.8) is 0 Å². The zero-order valence-electron chi connectivity index (χ0n) is 20.9. The van der Waals surface area contributed by atoms with Crippen LogP contribution in [0.5, 0.6) is 0 Å². The molecule has 0 spiro atoms. The molecule has 39 heavy (non-hydrogen) atoms. The molecule has 8 aromatic rings. The van der Waals surface area contributed by atoms with Gasteiger partial charge < -0.3 is 8.98 Å². The van der Waals surface area contributed by atoms with Gasteiger partial charge in [-0.05, 0) is 52.6 Å². The lowest BCUT2D eigenvalue weighted by atomic mass is 9.96. The molecule has 2 nitrogen and oxygen atoms in total. The molecule has 0 unspecified atom stereocenters. The highest BCUT2D eigenvalue weighted by molar-refractivity contribution is 9.10. The van der Waals surface area contributed by atoms with Crippen molar-refractivity contribution in [2.75, 3.05) is 0 Å². The smallest absolute Gasteiger partial charge is 0.160 e. The van der Waals surface area contributed by atoms with E-state index in [1.807, 2.05) is 6.07 Å². The zero-order chi connectivity index (χ0) is 25.9. The molecule has 2 aromatic heterocycles. The van der Waals surface area contributed by atoms with Crippen molar-refractivity contribution in [1.29, 1.82) is 0 Å². The molecule has 0 N–H and O–H groups in total.